The monoisotopic (exact) mass is 273 g/mol. The SMILES string of the molecule is COc1cc(CCN)cc(Cl)c1OCC(C)OC. The van der Waals surface area contributed by atoms with Crippen LogP contribution in [0, 0.1) is 0 Å². The van der Waals surface area contributed by atoms with E-state index in [4.69, 9.17) is 31.5 Å². The first-order valence-corrected chi connectivity index (χ1v) is 6.22. The molecule has 1 rings (SSSR count). The van der Waals surface area contributed by atoms with Gasteiger partial charge in [-0.1, -0.05) is 11.6 Å². The average Bonchev–Trinajstić information content (AvgIpc) is 2.36. The molecule has 0 aliphatic rings. The van der Waals surface area contributed by atoms with Crippen LogP contribution in [0.25, 0.3) is 0 Å². The highest BCUT2D eigenvalue weighted by molar-refractivity contribution is 6.32. The average molecular weight is 274 g/mol. The van der Waals surface area contributed by atoms with Crippen molar-refractivity contribution in [3.05, 3.63) is 22.7 Å². The van der Waals surface area contributed by atoms with Gasteiger partial charge in [0.25, 0.3) is 0 Å². The summed E-state index contributed by atoms with van der Waals surface area (Å²) in [6.45, 7) is 2.91. The third-order valence-electron chi connectivity index (χ3n) is 2.59. The number of hydrogen-bond donors (Lipinski definition) is 1. The number of rotatable bonds is 7. The smallest absolute Gasteiger partial charge is 0.179 e. The van der Waals surface area contributed by atoms with E-state index in [0.717, 1.165) is 12.0 Å². The Bertz CT molecular complexity index is 385. The maximum absolute atomic E-state index is 6.19. The van der Waals surface area contributed by atoms with E-state index >= 15 is 0 Å². The minimum Gasteiger partial charge on any atom is -0.493 e. The highest BCUT2D eigenvalue weighted by atomic mass is 35.5. The second-order valence-corrected chi connectivity index (χ2v) is 4.41. The van der Waals surface area contributed by atoms with Crippen molar-refractivity contribution in [2.75, 3.05) is 27.4 Å². The van der Waals surface area contributed by atoms with E-state index in [2.05, 4.69) is 0 Å². The lowest BCUT2D eigenvalue weighted by Gasteiger charge is -2.16. The minimum atomic E-state index is -0.00510. The van der Waals surface area contributed by atoms with Gasteiger partial charge in [0, 0.05) is 7.11 Å². The Morgan fingerprint density at radius 1 is 1.33 bits per heavy atom. The summed E-state index contributed by atoms with van der Waals surface area (Å²) in [5, 5.41) is 0.529. The van der Waals surface area contributed by atoms with Gasteiger partial charge in [-0.05, 0) is 37.6 Å². The summed E-state index contributed by atoms with van der Waals surface area (Å²) in [6.07, 6.45) is 0.750. The molecular weight excluding hydrogens is 254 g/mol. The number of hydrogen-bond acceptors (Lipinski definition) is 4. The molecule has 0 amide bonds. The maximum atomic E-state index is 6.19. The third-order valence-corrected chi connectivity index (χ3v) is 2.87. The van der Waals surface area contributed by atoms with Gasteiger partial charge < -0.3 is 19.9 Å². The number of ether oxygens (including phenoxy) is 3. The predicted octanol–water partition coefficient (Wildman–Crippen LogP) is 2.26. The van der Waals surface area contributed by atoms with Crippen LogP contribution in [0.3, 0.4) is 0 Å². The summed E-state index contributed by atoms with van der Waals surface area (Å²) in [7, 11) is 3.22. The summed E-state index contributed by atoms with van der Waals surface area (Å²) in [4.78, 5) is 0. The van der Waals surface area contributed by atoms with E-state index in [0.29, 0.717) is 29.7 Å². The fraction of sp³-hybridized carbons (Fsp3) is 0.538. The summed E-state index contributed by atoms with van der Waals surface area (Å²) < 4.78 is 16.0. The van der Waals surface area contributed by atoms with Gasteiger partial charge in [-0.15, -0.1) is 0 Å². The lowest BCUT2D eigenvalue weighted by atomic mass is 10.1. The molecule has 18 heavy (non-hydrogen) atoms. The zero-order chi connectivity index (χ0) is 13.5. The van der Waals surface area contributed by atoms with E-state index in [-0.39, 0.29) is 6.10 Å². The first kappa shape index (κ1) is 15.1. The van der Waals surface area contributed by atoms with Crippen LogP contribution in [0.5, 0.6) is 11.5 Å². The van der Waals surface area contributed by atoms with Gasteiger partial charge in [0.1, 0.15) is 6.61 Å². The third kappa shape index (κ3) is 4.05. The Hall–Kier alpha value is -0.970. The molecule has 0 saturated heterocycles. The summed E-state index contributed by atoms with van der Waals surface area (Å²) in [5.74, 6) is 1.16. The summed E-state index contributed by atoms with van der Waals surface area (Å²) in [6, 6.07) is 3.75. The van der Waals surface area contributed by atoms with Gasteiger partial charge in [0.2, 0.25) is 0 Å². The van der Waals surface area contributed by atoms with Crippen molar-refractivity contribution < 1.29 is 14.2 Å². The first-order valence-electron chi connectivity index (χ1n) is 5.84. The van der Waals surface area contributed by atoms with E-state index in [9.17, 15) is 0 Å². The molecule has 1 unspecified atom stereocenters. The molecule has 2 N–H and O–H groups in total. The molecule has 1 aromatic rings. The lowest BCUT2D eigenvalue weighted by Crippen LogP contribution is -2.16. The molecule has 0 fully saturated rings. The van der Waals surface area contributed by atoms with Crippen molar-refractivity contribution in [1.82, 2.24) is 0 Å². The van der Waals surface area contributed by atoms with Crippen LogP contribution in [0.4, 0.5) is 0 Å². The number of benzene rings is 1. The predicted molar refractivity (Wildman–Crippen MR) is 72.7 cm³/mol. The highest BCUT2D eigenvalue weighted by Gasteiger charge is 2.13. The molecule has 0 saturated carbocycles. The van der Waals surface area contributed by atoms with E-state index < -0.39 is 0 Å². The van der Waals surface area contributed by atoms with Gasteiger partial charge in [-0.3, -0.25) is 0 Å². The van der Waals surface area contributed by atoms with Gasteiger partial charge in [0.15, 0.2) is 11.5 Å². The Labute approximate surface area is 113 Å². The zero-order valence-electron chi connectivity index (χ0n) is 11.0. The fourth-order valence-corrected chi connectivity index (χ4v) is 1.78. The summed E-state index contributed by atoms with van der Waals surface area (Å²) >= 11 is 6.19. The van der Waals surface area contributed by atoms with Crippen molar-refractivity contribution in [3.8, 4) is 11.5 Å². The molecule has 0 spiro atoms. The number of methoxy groups -OCH3 is 2. The molecule has 4 nitrogen and oxygen atoms in total. The van der Waals surface area contributed by atoms with Crippen LogP contribution in [-0.2, 0) is 11.2 Å². The molecule has 1 atom stereocenters. The molecule has 5 heteroatoms. The molecule has 0 aliphatic heterocycles. The number of halogens is 1. The van der Waals surface area contributed by atoms with Crippen molar-refractivity contribution in [3.63, 3.8) is 0 Å². The van der Waals surface area contributed by atoms with E-state index in [1.807, 2.05) is 19.1 Å². The van der Waals surface area contributed by atoms with Crippen LogP contribution in [0.2, 0.25) is 5.02 Å². The minimum absolute atomic E-state index is 0.00510. The van der Waals surface area contributed by atoms with Crippen LogP contribution in [-0.4, -0.2) is 33.5 Å². The standard InChI is InChI=1S/C13H20ClNO3/c1-9(16-2)8-18-13-11(14)6-10(4-5-15)7-12(13)17-3/h6-7,9H,4-5,8,15H2,1-3H3. The quantitative estimate of drug-likeness (QED) is 0.828. The van der Waals surface area contributed by atoms with Crippen LogP contribution in [0.1, 0.15) is 12.5 Å². The van der Waals surface area contributed by atoms with Crippen molar-refractivity contribution in [1.29, 1.82) is 0 Å². The highest BCUT2D eigenvalue weighted by Crippen LogP contribution is 2.36. The zero-order valence-corrected chi connectivity index (χ0v) is 11.8. The fourth-order valence-electron chi connectivity index (χ4n) is 1.49. The van der Waals surface area contributed by atoms with E-state index in [1.165, 1.54) is 0 Å². The molecule has 1 aromatic carbocycles. The molecule has 0 heterocycles. The van der Waals surface area contributed by atoms with Gasteiger partial charge in [-0.2, -0.15) is 0 Å². The molecule has 0 bridgehead atoms. The Kier molecular flexibility index (Phi) is 6.25. The van der Waals surface area contributed by atoms with Crippen molar-refractivity contribution in [2.45, 2.75) is 19.4 Å². The maximum Gasteiger partial charge on any atom is 0.179 e. The van der Waals surface area contributed by atoms with E-state index in [1.54, 1.807) is 14.2 Å². The topological polar surface area (TPSA) is 53.7 Å². The van der Waals surface area contributed by atoms with Crippen LogP contribution < -0.4 is 15.2 Å². The van der Waals surface area contributed by atoms with Crippen LogP contribution >= 0.6 is 11.6 Å². The molecule has 0 aliphatic carbocycles. The molecule has 0 aromatic heterocycles. The lowest BCUT2D eigenvalue weighted by molar-refractivity contribution is 0.0706. The largest absolute Gasteiger partial charge is 0.493 e. The Morgan fingerprint density at radius 3 is 2.61 bits per heavy atom. The second-order valence-electron chi connectivity index (χ2n) is 4.01. The first-order chi connectivity index (χ1) is 8.62. The second kappa shape index (κ2) is 7.46. The van der Waals surface area contributed by atoms with Crippen molar-refractivity contribution >= 4 is 11.6 Å². The Balaban J connectivity index is 2.89. The summed E-state index contributed by atoms with van der Waals surface area (Å²) in [5.41, 5.74) is 6.56. The molecular formula is C13H20ClNO3. The van der Waals surface area contributed by atoms with Crippen LogP contribution in [0.15, 0.2) is 12.1 Å². The Morgan fingerprint density at radius 2 is 2.06 bits per heavy atom. The van der Waals surface area contributed by atoms with Gasteiger partial charge in [-0.25, -0.2) is 0 Å². The van der Waals surface area contributed by atoms with Crippen molar-refractivity contribution in [2.24, 2.45) is 5.73 Å². The van der Waals surface area contributed by atoms with Gasteiger partial charge >= 0.3 is 0 Å². The number of nitrogens with two attached hydrogens (primary N) is 1. The van der Waals surface area contributed by atoms with Gasteiger partial charge in [0.05, 0.1) is 18.2 Å². The normalized spacial score (nSPS) is 12.3. The molecule has 0 radical (unpaired) electrons. The molecule has 102 valence electrons.